The van der Waals surface area contributed by atoms with Crippen molar-refractivity contribution in [1.29, 1.82) is 0 Å². The monoisotopic (exact) mass is 260 g/mol. The minimum atomic E-state index is -0.879. The van der Waals surface area contributed by atoms with Gasteiger partial charge in [-0.1, -0.05) is 23.8 Å². The van der Waals surface area contributed by atoms with Gasteiger partial charge in [0.2, 0.25) is 0 Å². The van der Waals surface area contributed by atoms with Crippen LogP contribution in [-0.2, 0) is 0 Å². The fourth-order valence-electron chi connectivity index (χ4n) is 1.71. The molecule has 0 radical (unpaired) electrons. The molecular formula is C15H14F2N2. The van der Waals surface area contributed by atoms with E-state index in [-0.39, 0.29) is 0 Å². The number of hydrogen-bond acceptors (Lipinski definition) is 2. The molecule has 2 aromatic carbocycles. The Balaban J connectivity index is 2.09. The van der Waals surface area contributed by atoms with E-state index >= 15 is 0 Å². The fraction of sp³-hybridized carbons (Fsp3) is 0.133. The van der Waals surface area contributed by atoms with E-state index in [4.69, 9.17) is 0 Å². The molecule has 2 rings (SSSR count). The Morgan fingerprint density at radius 1 is 1.00 bits per heavy atom. The van der Waals surface area contributed by atoms with Crippen LogP contribution in [0.2, 0.25) is 0 Å². The van der Waals surface area contributed by atoms with E-state index in [1.807, 2.05) is 32.0 Å². The van der Waals surface area contributed by atoms with Crippen molar-refractivity contribution in [3.05, 3.63) is 64.7 Å². The molecule has 0 spiro atoms. The molecule has 1 N–H and O–H groups in total. The Morgan fingerprint density at radius 2 is 1.79 bits per heavy atom. The molecule has 0 saturated heterocycles. The van der Waals surface area contributed by atoms with Crippen LogP contribution in [0.3, 0.4) is 0 Å². The molecule has 0 aliphatic rings. The summed E-state index contributed by atoms with van der Waals surface area (Å²) in [5.41, 5.74) is 6.50. The highest BCUT2D eigenvalue weighted by Crippen LogP contribution is 2.15. The zero-order valence-corrected chi connectivity index (χ0v) is 10.7. The number of hydrogen-bond donors (Lipinski definition) is 1. The molecular weight excluding hydrogens is 246 g/mol. The van der Waals surface area contributed by atoms with E-state index in [9.17, 15) is 8.78 Å². The summed E-state index contributed by atoms with van der Waals surface area (Å²) in [5.74, 6) is -1.74. The van der Waals surface area contributed by atoms with Crippen molar-refractivity contribution in [2.45, 2.75) is 13.8 Å². The molecule has 0 aliphatic carbocycles. The van der Waals surface area contributed by atoms with Crippen molar-refractivity contribution in [1.82, 2.24) is 0 Å². The predicted octanol–water partition coefficient (Wildman–Crippen LogP) is 4.03. The van der Waals surface area contributed by atoms with Gasteiger partial charge in [0.25, 0.3) is 0 Å². The van der Waals surface area contributed by atoms with Gasteiger partial charge in [0.15, 0.2) is 11.6 Å². The maximum atomic E-state index is 13.0. The SMILES string of the molecule is Cc1ccc(N/N=C\c2ccc(F)c(F)c2)c(C)c1. The van der Waals surface area contributed by atoms with Crippen molar-refractivity contribution < 1.29 is 8.78 Å². The molecule has 19 heavy (non-hydrogen) atoms. The van der Waals surface area contributed by atoms with Crippen molar-refractivity contribution in [2.24, 2.45) is 5.10 Å². The largest absolute Gasteiger partial charge is 0.278 e. The second-order valence-corrected chi connectivity index (χ2v) is 4.36. The van der Waals surface area contributed by atoms with Crippen LogP contribution in [-0.4, -0.2) is 6.21 Å². The summed E-state index contributed by atoms with van der Waals surface area (Å²) in [5, 5.41) is 4.01. The van der Waals surface area contributed by atoms with Gasteiger partial charge in [0.05, 0.1) is 11.9 Å². The van der Waals surface area contributed by atoms with Crippen LogP contribution in [0.5, 0.6) is 0 Å². The van der Waals surface area contributed by atoms with Gasteiger partial charge in [-0.25, -0.2) is 8.78 Å². The first kappa shape index (κ1) is 13.2. The standard InChI is InChI=1S/C15H14F2N2/c1-10-3-6-15(11(2)7-10)19-18-9-12-4-5-13(16)14(17)8-12/h3-9,19H,1-2H3/b18-9-. The number of benzene rings is 2. The normalized spacial score (nSPS) is 10.9. The van der Waals surface area contributed by atoms with Crippen LogP contribution < -0.4 is 5.43 Å². The first-order valence-corrected chi connectivity index (χ1v) is 5.87. The molecule has 4 heteroatoms. The highest BCUT2D eigenvalue weighted by Gasteiger charge is 2.00. The number of aryl methyl sites for hydroxylation is 2. The smallest absolute Gasteiger partial charge is 0.159 e. The number of anilines is 1. The molecule has 98 valence electrons. The lowest BCUT2D eigenvalue weighted by molar-refractivity contribution is 0.508. The third-order valence-corrected chi connectivity index (χ3v) is 2.72. The molecule has 0 aliphatic heterocycles. The van der Waals surface area contributed by atoms with E-state index in [0.29, 0.717) is 5.56 Å². The number of nitrogens with zero attached hydrogens (tertiary/aromatic N) is 1. The number of rotatable bonds is 3. The molecule has 2 nitrogen and oxygen atoms in total. The first-order chi connectivity index (χ1) is 9.06. The average molecular weight is 260 g/mol. The second kappa shape index (κ2) is 5.61. The van der Waals surface area contributed by atoms with Gasteiger partial charge in [-0.05, 0) is 43.2 Å². The van der Waals surface area contributed by atoms with Crippen LogP contribution in [0, 0.1) is 25.5 Å². The second-order valence-electron chi connectivity index (χ2n) is 4.36. The maximum Gasteiger partial charge on any atom is 0.159 e. The molecule has 0 unspecified atom stereocenters. The predicted molar refractivity (Wildman–Crippen MR) is 73.5 cm³/mol. The maximum absolute atomic E-state index is 13.0. The minimum absolute atomic E-state index is 0.496. The Labute approximate surface area is 110 Å². The van der Waals surface area contributed by atoms with Crippen molar-refractivity contribution in [2.75, 3.05) is 5.43 Å². The van der Waals surface area contributed by atoms with E-state index in [2.05, 4.69) is 10.5 Å². The minimum Gasteiger partial charge on any atom is -0.278 e. The highest BCUT2D eigenvalue weighted by molar-refractivity contribution is 5.80. The fourth-order valence-corrected chi connectivity index (χ4v) is 1.71. The lowest BCUT2D eigenvalue weighted by Gasteiger charge is -2.05. The zero-order chi connectivity index (χ0) is 13.8. The Kier molecular flexibility index (Phi) is 3.90. The van der Waals surface area contributed by atoms with E-state index in [1.54, 1.807) is 0 Å². The Bertz CT molecular complexity index is 622. The molecule has 0 bridgehead atoms. The van der Waals surface area contributed by atoms with Gasteiger partial charge in [-0.2, -0.15) is 5.10 Å². The zero-order valence-electron chi connectivity index (χ0n) is 10.7. The van der Waals surface area contributed by atoms with Gasteiger partial charge in [-0.3, -0.25) is 5.43 Å². The summed E-state index contributed by atoms with van der Waals surface area (Å²) in [6.45, 7) is 3.99. The molecule has 0 saturated carbocycles. The summed E-state index contributed by atoms with van der Waals surface area (Å²) in [6, 6.07) is 9.58. The average Bonchev–Trinajstić information content (AvgIpc) is 2.36. The van der Waals surface area contributed by atoms with Gasteiger partial charge < -0.3 is 0 Å². The third kappa shape index (κ3) is 3.37. The Morgan fingerprint density at radius 3 is 2.47 bits per heavy atom. The number of halogens is 2. The topological polar surface area (TPSA) is 24.4 Å². The van der Waals surface area contributed by atoms with Crippen LogP contribution in [0.15, 0.2) is 41.5 Å². The third-order valence-electron chi connectivity index (χ3n) is 2.72. The van der Waals surface area contributed by atoms with Crippen LogP contribution >= 0.6 is 0 Å². The highest BCUT2D eigenvalue weighted by atomic mass is 19.2. The van der Waals surface area contributed by atoms with Gasteiger partial charge in [-0.15, -0.1) is 0 Å². The quantitative estimate of drug-likeness (QED) is 0.654. The van der Waals surface area contributed by atoms with E-state index in [0.717, 1.165) is 23.4 Å². The summed E-state index contributed by atoms with van der Waals surface area (Å²) < 4.78 is 25.7. The van der Waals surface area contributed by atoms with Crippen molar-refractivity contribution in [3.8, 4) is 0 Å². The van der Waals surface area contributed by atoms with Crippen LogP contribution in [0.4, 0.5) is 14.5 Å². The number of hydrazone groups is 1. The molecule has 2 aromatic rings. The van der Waals surface area contributed by atoms with E-state index < -0.39 is 11.6 Å². The molecule has 0 aromatic heterocycles. The molecule has 0 fully saturated rings. The van der Waals surface area contributed by atoms with Gasteiger partial charge >= 0.3 is 0 Å². The molecule has 0 heterocycles. The summed E-state index contributed by atoms with van der Waals surface area (Å²) in [4.78, 5) is 0. The summed E-state index contributed by atoms with van der Waals surface area (Å²) >= 11 is 0. The van der Waals surface area contributed by atoms with Crippen molar-refractivity contribution >= 4 is 11.9 Å². The first-order valence-electron chi connectivity index (χ1n) is 5.87. The molecule has 0 atom stereocenters. The van der Waals surface area contributed by atoms with E-state index in [1.165, 1.54) is 17.8 Å². The van der Waals surface area contributed by atoms with Crippen molar-refractivity contribution in [3.63, 3.8) is 0 Å². The van der Waals surface area contributed by atoms with Crippen LogP contribution in [0.25, 0.3) is 0 Å². The van der Waals surface area contributed by atoms with Crippen LogP contribution in [0.1, 0.15) is 16.7 Å². The summed E-state index contributed by atoms with van der Waals surface area (Å²) in [7, 11) is 0. The number of nitrogens with one attached hydrogen (secondary N) is 1. The Hall–Kier alpha value is -2.23. The summed E-state index contributed by atoms with van der Waals surface area (Å²) in [6.07, 6.45) is 1.45. The lowest BCUT2D eigenvalue weighted by atomic mass is 10.1. The van der Waals surface area contributed by atoms with Gasteiger partial charge in [0.1, 0.15) is 0 Å². The van der Waals surface area contributed by atoms with Gasteiger partial charge in [0, 0.05) is 0 Å². The molecule has 0 amide bonds. The lowest BCUT2D eigenvalue weighted by Crippen LogP contribution is -1.94.